The zero-order valence-electron chi connectivity index (χ0n) is 14.5. The Morgan fingerprint density at radius 3 is 2.62 bits per heavy atom. The average Bonchev–Trinajstić information content (AvgIpc) is 2.65. The largest absolute Gasteiger partial charge is 0.385 e. The highest BCUT2D eigenvalue weighted by Crippen LogP contribution is 2.17. The van der Waals surface area contributed by atoms with Gasteiger partial charge < -0.3 is 15.4 Å². The van der Waals surface area contributed by atoms with Crippen LogP contribution >= 0.6 is 11.6 Å². The minimum atomic E-state index is -0.343. The number of para-hydroxylation sites is 1. The number of anilines is 1. The van der Waals surface area contributed by atoms with Gasteiger partial charge in [-0.3, -0.25) is 9.59 Å². The highest BCUT2D eigenvalue weighted by molar-refractivity contribution is 6.32. The number of ether oxygens (including phenoxy) is 1. The molecular formula is C20H21ClN2O3. The summed E-state index contributed by atoms with van der Waals surface area (Å²) in [5, 5.41) is 6.10. The van der Waals surface area contributed by atoms with Crippen LogP contribution in [0.1, 0.15) is 22.3 Å². The molecule has 0 saturated carbocycles. The first-order valence-electron chi connectivity index (χ1n) is 8.21. The third kappa shape index (κ3) is 6.02. The van der Waals surface area contributed by atoms with E-state index in [1.54, 1.807) is 43.5 Å². The molecule has 0 unspecified atom stereocenters. The molecule has 2 rings (SSSR count). The Morgan fingerprint density at radius 1 is 1.12 bits per heavy atom. The number of hydrogen-bond acceptors (Lipinski definition) is 3. The van der Waals surface area contributed by atoms with Crippen LogP contribution in [-0.4, -0.2) is 32.1 Å². The van der Waals surface area contributed by atoms with E-state index in [0.717, 1.165) is 12.0 Å². The number of carbonyl (C=O) groups excluding carboxylic acids is 2. The highest BCUT2D eigenvalue weighted by atomic mass is 35.5. The topological polar surface area (TPSA) is 67.4 Å². The SMILES string of the molecule is COCCCNC(=O)c1ccccc1NC(=O)C=Cc1ccccc1Cl. The number of methoxy groups -OCH3 is 1. The van der Waals surface area contributed by atoms with E-state index < -0.39 is 0 Å². The summed E-state index contributed by atoms with van der Waals surface area (Å²) in [6.07, 6.45) is 3.73. The van der Waals surface area contributed by atoms with Gasteiger partial charge in [0.1, 0.15) is 0 Å². The van der Waals surface area contributed by atoms with Crippen molar-refractivity contribution in [1.82, 2.24) is 5.32 Å². The Morgan fingerprint density at radius 2 is 1.85 bits per heavy atom. The summed E-state index contributed by atoms with van der Waals surface area (Å²) in [5.41, 5.74) is 1.60. The maximum atomic E-state index is 12.3. The Balaban J connectivity index is 2.01. The lowest BCUT2D eigenvalue weighted by Crippen LogP contribution is -2.26. The van der Waals surface area contributed by atoms with Crippen molar-refractivity contribution in [2.45, 2.75) is 6.42 Å². The van der Waals surface area contributed by atoms with Gasteiger partial charge in [0, 0.05) is 31.4 Å². The van der Waals surface area contributed by atoms with E-state index in [1.807, 2.05) is 18.2 Å². The fourth-order valence-corrected chi connectivity index (χ4v) is 2.45. The molecule has 2 aromatic carbocycles. The van der Waals surface area contributed by atoms with Crippen LogP contribution in [0.4, 0.5) is 5.69 Å². The Hall–Kier alpha value is -2.63. The predicted octanol–water partition coefficient (Wildman–Crippen LogP) is 3.76. The number of halogens is 1. The van der Waals surface area contributed by atoms with E-state index in [1.165, 1.54) is 6.08 Å². The summed E-state index contributed by atoms with van der Waals surface area (Å²) in [6.45, 7) is 1.08. The summed E-state index contributed by atoms with van der Waals surface area (Å²) < 4.78 is 4.95. The van der Waals surface area contributed by atoms with Crippen LogP contribution in [0.25, 0.3) is 6.08 Å². The minimum Gasteiger partial charge on any atom is -0.385 e. The van der Waals surface area contributed by atoms with Crippen LogP contribution in [-0.2, 0) is 9.53 Å². The van der Waals surface area contributed by atoms with Crippen molar-refractivity contribution in [3.05, 3.63) is 70.8 Å². The van der Waals surface area contributed by atoms with Crippen molar-refractivity contribution < 1.29 is 14.3 Å². The predicted molar refractivity (Wildman–Crippen MR) is 104 cm³/mol. The lowest BCUT2D eigenvalue weighted by molar-refractivity contribution is -0.111. The van der Waals surface area contributed by atoms with Gasteiger partial charge in [0.2, 0.25) is 5.91 Å². The van der Waals surface area contributed by atoms with Gasteiger partial charge in [-0.1, -0.05) is 41.9 Å². The summed E-state index contributed by atoms with van der Waals surface area (Å²) in [6, 6.07) is 14.1. The van der Waals surface area contributed by atoms with E-state index >= 15 is 0 Å². The number of hydrogen-bond donors (Lipinski definition) is 2. The average molecular weight is 373 g/mol. The van der Waals surface area contributed by atoms with Gasteiger partial charge in [0.15, 0.2) is 0 Å². The molecule has 0 saturated heterocycles. The monoisotopic (exact) mass is 372 g/mol. The summed E-state index contributed by atoms with van der Waals surface area (Å²) >= 11 is 6.06. The van der Waals surface area contributed by atoms with Gasteiger partial charge in [-0.2, -0.15) is 0 Å². The van der Waals surface area contributed by atoms with Gasteiger partial charge in [-0.15, -0.1) is 0 Å². The Bertz CT molecular complexity index is 790. The molecular weight excluding hydrogens is 352 g/mol. The molecule has 0 bridgehead atoms. The smallest absolute Gasteiger partial charge is 0.253 e. The second kappa shape index (κ2) is 10.4. The zero-order valence-corrected chi connectivity index (χ0v) is 15.3. The van der Waals surface area contributed by atoms with Crippen molar-refractivity contribution in [3.8, 4) is 0 Å². The van der Waals surface area contributed by atoms with Crippen molar-refractivity contribution >= 4 is 35.2 Å². The highest BCUT2D eigenvalue weighted by Gasteiger charge is 2.11. The molecule has 6 heteroatoms. The molecule has 0 radical (unpaired) electrons. The fourth-order valence-electron chi connectivity index (χ4n) is 2.25. The molecule has 5 nitrogen and oxygen atoms in total. The van der Waals surface area contributed by atoms with Crippen LogP contribution in [0.5, 0.6) is 0 Å². The molecule has 0 atom stereocenters. The van der Waals surface area contributed by atoms with Gasteiger partial charge in [-0.25, -0.2) is 0 Å². The molecule has 0 heterocycles. The quantitative estimate of drug-likeness (QED) is 0.547. The van der Waals surface area contributed by atoms with Gasteiger partial charge in [0.05, 0.1) is 11.3 Å². The third-order valence-corrected chi connectivity index (χ3v) is 3.90. The number of benzene rings is 2. The first-order chi connectivity index (χ1) is 12.6. The minimum absolute atomic E-state index is 0.243. The number of carbonyl (C=O) groups is 2. The maximum absolute atomic E-state index is 12.3. The molecule has 0 spiro atoms. The van der Waals surface area contributed by atoms with Gasteiger partial charge >= 0.3 is 0 Å². The summed E-state index contributed by atoms with van der Waals surface area (Å²) in [7, 11) is 1.61. The lowest BCUT2D eigenvalue weighted by atomic mass is 10.1. The molecule has 26 heavy (non-hydrogen) atoms. The third-order valence-electron chi connectivity index (χ3n) is 3.56. The van der Waals surface area contributed by atoms with Crippen molar-refractivity contribution in [1.29, 1.82) is 0 Å². The second-order valence-corrected chi connectivity index (χ2v) is 5.90. The van der Waals surface area contributed by atoms with Crippen LogP contribution in [0.3, 0.4) is 0 Å². The van der Waals surface area contributed by atoms with E-state index in [-0.39, 0.29) is 11.8 Å². The Labute approximate surface area is 158 Å². The van der Waals surface area contributed by atoms with Crippen molar-refractivity contribution in [3.63, 3.8) is 0 Å². The normalized spacial score (nSPS) is 10.7. The summed E-state index contributed by atoms with van der Waals surface area (Å²) in [4.78, 5) is 24.5. The number of amides is 2. The first-order valence-corrected chi connectivity index (χ1v) is 8.59. The van der Waals surface area contributed by atoms with Crippen LogP contribution in [0.2, 0.25) is 5.02 Å². The first kappa shape index (κ1) is 19.7. The van der Waals surface area contributed by atoms with E-state index in [4.69, 9.17) is 16.3 Å². The number of rotatable bonds is 8. The van der Waals surface area contributed by atoms with Crippen LogP contribution in [0, 0.1) is 0 Å². The molecule has 136 valence electrons. The maximum Gasteiger partial charge on any atom is 0.253 e. The van der Waals surface area contributed by atoms with E-state index in [2.05, 4.69) is 10.6 Å². The number of nitrogens with one attached hydrogen (secondary N) is 2. The van der Waals surface area contributed by atoms with Gasteiger partial charge in [0.25, 0.3) is 5.91 Å². The zero-order chi connectivity index (χ0) is 18.8. The molecule has 0 fully saturated rings. The second-order valence-electron chi connectivity index (χ2n) is 5.49. The molecule has 2 N–H and O–H groups in total. The van der Waals surface area contributed by atoms with E-state index in [0.29, 0.717) is 29.4 Å². The lowest BCUT2D eigenvalue weighted by Gasteiger charge is -2.10. The van der Waals surface area contributed by atoms with Crippen LogP contribution < -0.4 is 10.6 Å². The molecule has 0 aliphatic heterocycles. The molecule has 0 aliphatic carbocycles. The fraction of sp³-hybridized carbons (Fsp3) is 0.200. The van der Waals surface area contributed by atoms with Crippen molar-refractivity contribution in [2.75, 3.05) is 25.6 Å². The van der Waals surface area contributed by atoms with Gasteiger partial charge in [-0.05, 0) is 36.3 Å². The van der Waals surface area contributed by atoms with E-state index in [9.17, 15) is 9.59 Å². The van der Waals surface area contributed by atoms with Crippen LogP contribution in [0.15, 0.2) is 54.6 Å². The van der Waals surface area contributed by atoms with Crippen molar-refractivity contribution in [2.24, 2.45) is 0 Å². The molecule has 0 aliphatic rings. The molecule has 0 aromatic heterocycles. The molecule has 2 amide bonds. The molecule has 2 aromatic rings. The summed E-state index contributed by atoms with van der Waals surface area (Å²) in [5.74, 6) is -0.586. The standard InChI is InChI=1S/C20H21ClN2O3/c1-26-14-6-13-22-20(25)16-8-3-5-10-18(16)23-19(24)12-11-15-7-2-4-9-17(15)21/h2-5,7-12H,6,13-14H2,1H3,(H,22,25)(H,23,24). The Kier molecular flexibility index (Phi) is 7.86.